The molecule has 38 heavy (non-hydrogen) atoms. The number of ether oxygens (including phenoxy) is 3. The molecule has 1 N–H and O–H groups in total. The van der Waals surface area contributed by atoms with Gasteiger partial charge in [-0.3, -0.25) is 0 Å². The highest BCUT2D eigenvalue weighted by Gasteiger charge is 2.36. The van der Waals surface area contributed by atoms with E-state index in [0.717, 1.165) is 16.9 Å². The van der Waals surface area contributed by atoms with Crippen LogP contribution in [0.2, 0.25) is 10.0 Å². The van der Waals surface area contributed by atoms with Gasteiger partial charge in [0.25, 0.3) is 0 Å². The molecule has 1 aliphatic heterocycles. The Bertz CT molecular complexity index is 1360. The van der Waals surface area contributed by atoms with Crippen LogP contribution in [-0.4, -0.2) is 39.2 Å². The molecule has 1 aliphatic rings. The van der Waals surface area contributed by atoms with Gasteiger partial charge in [0, 0.05) is 5.70 Å². The van der Waals surface area contributed by atoms with Crippen molar-refractivity contribution in [3.63, 3.8) is 0 Å². The second-order valence-corrected chi connectivity index (χ2v) is 10.8. The molecule has 1 unspecified atom stereocenters. The number of nitrogens with one attached hydrogen (secondary N) is 1. The van der Waals surface area contributed by atoms with Crippen LogP contribution in [0.3, 0.4) is 0 Å². The third-order valence-corrected chi connectivity index (χ3v) is 7.09. The van der Waals surface area contributed by atoms with Crippen molar-refractivity contribution < 1.29 is 19.0 Å². The maximum Gasteiger partial charge on any atom is 0.338 e. The number of hydrogen-bond acceptors (Lipinski definition) is 8. The maximum atomic E-state index is 13.3. The van der Waals surface area contributed by atoms with Gasteiger partial charge in [-0.2, -0.15) is 4.98 Å². The molecule has 0 amide bonds. The van der Waals surface area contributed by atoms with Crippen molar-refractivity contribution in [2.24, 2.45) is 0 Å². The topological polar surface area (TPSA) is 87.5 Å². The van der Waals surface area contributed by atoms with Crippen molar-refractivity contribution in [2.75, 3.05) is 17.7 Å². The third kappa shape index (κ3) is 6.22. The summed E-state index contributed by atoms with van der Waals surface area (Å²) in [5, 5.41) is 9.50. The van der Waals surface area contributed by atoms with Gasteiger partial charge in [-0.1, -0.05) is 54.0 Å². The average molecular weight is 578 g/mol. The fourth-order valence-electron chi connectivity index (χ4n) is 4.04. The van der Waals surface area contributed by atoms with Crippen molar-refractivity contribution in [3.8, 4) is 11.5 Å². The van der Waals surface area contributed by atoms with Crippen molar-refractivity contribution in [3.05, 3.63) is 68.8 Å². The van der Waals surface area contributed by atoms with Crippen LogP contribution in [0.4, 0.5) is 5.95 Å². The predicted octanol–water partition coefficient (Wildman–Crippen LogP) is 6.92. The predicted molar refractivity (Wildman–Crippen MR) is 151 cm³/mol. The standard InChI is InChI=1S/C27H30Cl2N4O4S/c1-6-35-22-13-18(9-11-21(22)36-14-17-8-10-19(28)20(29)12-17)24-23(25(34)37-15(3)4)16(5)30-26-31-27(38-7-2)32-33(24)26/h8-13,15,24H,6-7,14H2,1-5H3,(H,30,31,32). The Morgan fingerprint density at radius 2 is 1.89 bits per heavy atom. The van der Waals surface area contributed by atoms with Gasteiger partial charge < -0.3 is 19.5 Å². The molecular formula is C27H30Cl2N4O4S. The van der Waals surface area contributed by atoms with Crippen molar-refractivity contribution in [2.45, 2.75) is 58.5 Å². The zero-order valence-corrected chi connectivity index (χ0v) is 24.2. The molecule has 0 bridgehead atoms. The van der Waals surface area contributed by atoms with Gasteiger partial charge in [0.1, 0.15) is 12.6 Å². The highest BCUT2D eigenvalue weighted by Crippen LogP contribution is 2.40. The molecule has 0 spiro atoms. The molecular weight excluding hydrogens is 547 g/mol. The molecule has 1 aromatic heterocycles. The second-order valence-electron chi connectivity index (χ2n) is 8.79. The highest BCUT2D eigenvalue weighted by molar-refractivity contribution is 7.99. The second kappa shape index (κ2) is 12.3. The highest BCUT2D eigenvalue weighted by atomic mass is 35.5. The van der Waals surface area contributed by atoms with E-state index >= 15 is 0 Å². The Hall–Kier alpha value is -2.88. The molecule has 3 aromatic rings. The summed E-state index contributed by atoms with van der Waals surface area (Å²) in [4.78, 5) is 17.9. The fourth-order valence-corrected chi connectivity index (χ4v) is 4.92. The van der Waals surface area contributed by atoms with E-state index in [-0.39, 0.29) is 12.7 Å². The molecule has 4 rings (SSSR count). The number of carbonyl (C=O) groups is 1. The largest absolute Gasteiger partial charge is 0.490 e. The zero-order chi connectivity index (χ0) is 27.4. The number of anilines is 1. The number of hydrogen-bond donors (Lipinski definition) is 1. The van der Waals surface area contributed by atoms with E-state index in [4.69, 9.17) is 42.5 Å². The van der Waals surface area contributed by atoms with E-state index in [1.54, 1.807) is 16.8 Å². The van der Waals surface area contributed by atoms with E-state index in [0.29, 0.717) is 50.5 Å². The number of carbonyl (C=O) groups excluding carboxylic acids is 1. The average Bonchev–Trinajstić information content (AvgIpc) is 3.26. The summed E-state index contributed by atoms with van der Waals surface area (Å²) in [5.74, 6) is 2.06. The Morgan fingerprint density at radius 3 is 2.58 bits per heavy atom. The van der Waals surface area contributed by atoms with Crippen molar-refractivity contribution in [1.29, 1.82) is 0 Å². The van der Waals surface area contributed by atoms with Crippen LogP contribution in [0.1, 0.15) is 51.8 Å². The molecule has 0 saturated carbocycles. The number of thioether (sulfide) groups is 1. The Kier molecular flexibility index (Phi) is 9.12. The molecule has 0 aliphatic carbocycles. The number of allylic oxidation sites excluding steroid dienone is 1. The lowest BCUT2D eigenvalue weighted by Gasteiger charge is -2.29. The van der Waals surface area contributed by atoms with Gasteiger partial charge in [0.05, 0.1) is 28.3 Å². The first-order chi connectivity index (χ1) is 18.2. The lowest BCUT2D eigenvalue weighted by atomic mass is 9.95. The van der Waals surface area contributed by atoms with E-state index in [1.807, 2.05) is 58.9 Å². The van der Waals surface area contributed by atoms with Crippen LogP contribution in [0, 0.1) is 0 Å². The van der Waals surface area contributed by atoms with E-state index in [1.165, 1.54) is 11.8 Å². The Labute approximate surface area is 236 Å². The number of halogens is 2. The molecule has 1 atom stereocenters. The smallest absolute Gasteiger partial charge is 0.338 e. The first kappa shape index (κ1) is 28.1. The number of rotatable bonds is 10. The fraction of sp³-hybridized carbons (Fsp3) is 0.370. The van der Waals surface area contributed by atoms with Gasteiger partial charge in [-0.15, -0.1) is 5.10 Å². The minimum absolute atomic E-state index is 0.275. The van der Waals surface area contributed by atoms with Crippen LogP contribution in [-0.2, 0) is 16.1 Å². The number of aromatic nitrogens is 3. The lowest BCUT2D eigenvalue weighted by molar-refractivity contribution is -0.143. The van der Waals surface area contributed by atoms with Crippen LogP contribution >= 0.6 is 35.0 Å². The van der Waals surface area contributed by atoms with Gasteiger partial charge in [0.15, 0.2) is 11.5 Å². The lowest BCUT2D eigenvalue weighted by Crippen LogP contribution is -2.30. The van der Waals surface area contributed by atoms with Crippen LogP contribution in [0.15, 0.2) is 52.8 Å². The minimum atomic E-state index is -0.570. The summed E-state index contributed by atoms with van der Waals surface area (Å²) >= 11 is 13.7. The number of benzene rings is 2. The molecule has 202 valence electrons. The molecule has 0 saturated heterocycles. The summed E-state index contributed by atoms with van der Waals surface area (Å²) in [5.41, 5.74) is 2.77. The molecule has 11 heteroatoms. The quantitative estimate of drug-likeness (QED) is 0.205. The molecule has 8 nitrogen and oxygen atoms in total. The monoisotopic (exact) mass is 576 g/mol. The van der Waals surface area contributed by atoms with Gasteiger partial charge in [-0.05, 0) is 68.8 Å². The van der Waals surface area contributed by atoms with Crippen LogP contribution in [0.25, 0.3) is 0 Å². The minimum Gasteiger partial charge on any atom is -0.490 e. The normalized spacial score (nSPS) is 14.8. The Balaban J connectivity index is 1.73. The Morgan fingerprint density at radius 1 is 1.11 bits per heavy atom. The van der Waals surface area contributed by atoms with Gasteiger partial charge >= 0.3 is 5.97 Å². The van der Waals surface area contributed by atoms with Crippen molar-refractivity contribution >= 4 is 46.9 Å². The number of nitrogens with zero attached hydrogens (tertiary/aromatic N) is 3. The van der Waals surface area contributed by atoms with E-state index in [9.17, 15) is 4.79 Å². The van der Waals surface area contributed by atoms with Gasteiger partial charge in [-0.25, -0.2) is 9.48 Å². The van der Waals surface area contributed by atoms with Crippen molar-refractivity contribution in [1.82, 2.24) is 14.8 Å². The van der Waals surface area contributed by atoms with Gasteiger partial charge in [0.2, 0.25) is 11.1 Å². The first-order valence-electron chi connectivity index (χ1n) is 12.3. The molecule has 2 aromatic carbocycles. The van der Waals surface area contributed by atoms with Crippen LogP contribution in [0.5, 0.6) is 11.5 Å². The van der Waals surface area contributed by atoms with E-state index in [2.05, 4.69) is 10.3 Å². The summed E-state index contributed by atoms with van der Waals surface area (Å²) in [6.45, 7) is 10.1. The SMILES string of the molecule is CCOc1cc(C2C(C(=O)OC(C)C)=C(C)Nc3nc(SCC)nn32)ccc1OCc1ccc(Cl)c(Cl)c1. The molecule has 0 radical (unpaired) electrons. The zero-order valence-electron chi connectivity index (χ0n) is 21.9. The summed E-state index contributed by atoms with van der Waals surface area (Å²) in [6.07, 6.45) is -0.275. The van der Waals surface area contributed by atoms with Crippen LogP contribution < -0.4 is 14.8 Å². The maximum absolute atomic E-state index is 13.3. The summed E-state index contributed by atoms with van der Waals surface area (Å²) in [6, 6.07) is 10.4. The first-order valence-corrected chi connectivity index (χ1v) is 14.1. The summed E-state index contributed by atoms with van der Waals surface area (Å²) in [7, 11) is 0. The molecule has 2 heterocycles. The number of esters is 1. The molecule has 0 fully saturated rings. The van der Waals surface area contributed by atoms with E-state index < -0.39 is 12.0 Å². The number of fused-ring (bicyclic) bond motifs is 1. The summed E-state index contributed by atoms with van der Waals surface area (Å²) < 4.78 is 19.4. The third-order valence-electron chi connectivity index (χ3n) is 5.63.